The Morgan fingerprint density at radius 1 is 1.03 bits per heavy atom. The Morgan fingerprint density at radius 2 is 1.87 bits per heavy atom. The maximum Gasteiger partial charge on any atom is 0.256 e. The van der Waals surface area contributed by atoms with Crippen molar-refractivity contribution in [3.63, 3.8) is 0 Å². The van der Waals surface area contributed by atoms with Gasteiger partial charge in [-0.15, -0.1) is 0 Å². The van der Waals surface area contributed by atoms with E-state index in [4.69, 9.17) is 4.74 Å². The Balaban J connectivity index is 1.52. The third-order valence-corrected chi connectivity index (χ3v) is 5.32. The highest BCUT2D eigenvalue weighted by atomic mass is 16.5. The molecule has 2 heterocycles. The maximum absolute atomic E-state index is 12.7. The molecule has 0 saturated heterocycles. The van der Waals surface area contributed by atoms with Gasteiger partial charge in [0, 0.05) is 50.7 Å². The van der Waals surface area contributed by atoms with E-state index in [0.717, 1.165) is 22.2 Å². The Hall–Kier alpha value is -4.32. The molecule has 0 bridgehead atoms. The number of H-pyrrole nitrogens is 1. The number of anilines is 2. The standard InChI is InChI=1S/C25H19N3O3/c1-31-18-8-10-22-19(13-18)16(14-26-22)12-21-20-11-15(7-9-23(20)28-25(21)30)24(29)27-17-5-3-2-4-6-17/h2-14,26H,1H3,(H,27,29)(H,28,30). The number of carbonyl (C=O) groups excluding carboxylic acids is 2. The highest BCUT2D eigenvalue weighted by Gasteiger charge is 2.25. The molecule has 1 aromatic heterocycles. The molecule has 0 aliphatic carbocycles. The zero-order valence-corrected chi connectivity index (χ0v) is 16.7. The number of nitrogens with one attached hydrogen (secondary N) is 3. The van der Waals surface area contributed by atoms with Crippen LogP contribution in [0.15, 0.2) is 72.9 Å². The number of carbonyl (C=O) groups is 2. The molecule has 1 aliphatic rings. The number of hydrogen-bond donors (Lipinski definition) is 3. The van der Waals surface area contributed by atoms with Crippen molar-refractivity contribution in [3.05, 3.63) is 89.6 Å². The van der Waals surface area contributed by atoms with E-state index < -0.39 is 0 Å². The van der Waals surface area contributed by atoms with Crippen LogP contribution in [0.4, 0.5) is 11.4 Å². The van der Waals surface area contributed by atoms with E-state index in [-0.39, 0.29) is 11.8 Å². The molecule has 0 unspecified atom stereocenters. The molecule has 0 fully saturated rings. The largest absolute Gasteiger partial charge is 0.497 e. The fourth-order valence-corrected chi connectivity index (χ4v) is 3.72. The van der Waals surface area contributed by atoms with Crippen molar-refractivity contribution >= 4 is 45.7 Å². The molecule has 5 rings (SSSR count). The lowest BCUT2D eigenvalue weighted by Gasteiger charge is -2.07. The summed E-state index contributed by atoms with van der Waals surface area (Å²) >= 11 is 0. The van der Waals surface area contributed by atoms with Crippen molar-refractivity contribution in [3.8, 4) is 5.75 Å². The van der Waals surface area contributed by atoms with Crippen molar-refractivity contribution < 1.29 is 14.3 Å². The minimum absolute atomic E-state index is 0.201. The topological polar surface area (TPSA) is 83.2 Å². The molecule has 6 nitrogen and oxygen atoms in total. The molecule has 4 aromatic rings. The number of fused-ring (bicyclic) bond motifs is 2. The zero-order chi connectivity index (χ0) is 21.4. The van der Waals surface area contributed by atoms with E-state index in [1.807, 2.05) is 60.8 Å². The predicted molar refractivity (Wildman–Crippen MR) is 122 cm³/mol. The highest BCUT2D eigenvalue weighted by molar-refractivity contribution is 6.35. The van der Waals surface area contributed by atoms with Gasteiger partial charge in [0.25, 0.3) is 11.8 Å². The second kappa shape index (κ2) is 7.50. The summed E-state index contributed by atoms with van der Waals surface area (Å²) in [4.78, 5) is 28.6. The van der Waals surface area contributed by atoms with Crippen molar-refractivity contribution in [2.24, 2.45) is 0 Å². The van der Waals surface area contributed by atoms with Crippen LogP contribution < -0.4 is 15.4 Å². The number of hydrogen-bond acceptors (Lipinski definition) is 3. The Kier molecular flexibility index (Phi) is 4.52. The lowest BCUT2D eigenvalue weighted by Crippen LogP contribution is -2.11. The average Bonchev–Trinajstić information content (AvgIpc) is 3.34. The van der Waals surface area contributed by atoms with Crippen molar-refractivity contribution in [2.75, 3.05) is 17.7 Å². The van der Waals surface area contributed by atoms with Crippen LogP contribution in [0.25, 0.3) is 22.6 Å². The molecule has 1 aliphatic heterocycles. The van der Waals surface area contributed by atoms with Gasteiger partial charge in [-0.25, -0.2) is 0 Å². The smallest absolute Gasteiger partial charge is 0.256 e. The monoisotopic (exact) mass is 409 g/mol. The van der Waals surface area contributed by atoms with E-state index in [9.17, 15) is 9.59 Å². The van der Waals surface area contributed by atoms with Crippen LogP contribution in [0.2, 0.25) is 0 Å². The quantitative estimate of drug-likeness (QED) is 0.418. The van der Waals surface area contributed by atoms with Crippen molar-refractivity contribution in [2.45, 2.75) is 0 Å². The van der Waals surface area contributed by atoms with Gasteiger partial charge in [0.05, 0.1) is 7.11 Å². The van der Waals surface area contributed by atoms with Crippen LogP contribution >= 0.6 is 0 Å². The summed E-state index contributed by atoms with van der Waals surface area (Å²) < 4.78 is 5.33. The lowest BCUT2D eigenvalue weighted by molar-refractivity contribution is -0.110. The Labute approximate surface area is 178 Å². The van der Waals surface area contributed by atoms with Gasteiger partial charge in [0.1, 0.15) is 5.75 Å². The van der Waals surface area contributed by atoms with Crippen molar-refractivity contribution in [1.29, 1.82) is 0 Å². The molecule has 3 N–H and O–H groups in total. The fourth-order valence-electron chi connectivity index (χ4n) is 3.72. The average molecular weight is 409 g/mol. The second-order valence-electron chi connectivity index (χ2n) is 7.25. The van der Waals surface area contributed by atoms with Gasteiger partial charge >= 0.3 is 0 Å². The molecule has 3 aromatic carbocycles. The normalized spacial score (nSPS) is 13.8. The first-order valence-electron chi connectivity index (χ1n) is 9.81. The molecule has 6 heteroatoms. The second-order valence-corrected chi connectivity index (χ2v) is 7.25. The number of benzene rings is 3. The molecule has 31 heavy (non-hydrogen) atoms. The predicted octanol–water partition coefficient (Wildman–Crippen LogP) is 4.92. The molecule has 0 radical (unpaired) electrons. The lowest BCUT2D eigenvalue weighted by atomic mass is 10.0. The molecule has 152 valence electrons. The Morgan fingerprint density at radius 3 is 2.68 bits per heavy atom. The van der Waals surface area contributed by atoms with Gasteiger partial charge in [-0.1, -0.05) is 18.2 Å². The minimum Gasteiger partial charge on any atom is -0.497 e. The number of aromatic amines is 1. The van der Waals surface area contributed by atoms with Crippen LogP contribution in [-0.4, -0.2) is 23.9 Å². The molecular formula is C25H19N3O3. The number of ether oxygens (including phenoxy) is 1. The van der Waals surface area contributed by atoms with Crippen LogP contribution in [0.3, 0.4) is 0 Å². The first-order chi connectivity index (χ1) is 15.1. The van der Waals surface area contributed by atoms with Gasteiger partial charge in [-0.3, -0.25) is 9.59 Å². The summed E-state index contributed by atoms with van der Waals surface area (Å²) in [6, 6.07) is 20.2. The Bertz CT molecular complexity index is 1350. The van der Waals surface area contributed by atoms with Gasteiger partial charge in [-0.2, -0.15) is 0 Å². The number of aromatic nitrogens is 1. The molecule has 0 saturated carbocycles. The summed E-state index contributed by atoms with van der Waals surface area (Å²) in [6.07, 6.45) is 3.69. The molecule has 0 spiro atoms. The van der Waals surface area contributed by atoms with Crippen molar-refractivity contribution in [1.82, 2.24) is 4.98 Å². The van der Waals surface area contributed by atoms with E-state index in [1.54, 1.807) is 25.3 Å². The molecule has 0 atom stereocenters. The fraction of sp³-hybridized carbons (Fsp3) is 0.0400. The van der Waals surface area contributed by atoms with Gasteiger partial charge in [-0.05, 0) is 54.6 Å². The van der Waals surface area contributed by atoms with Gasteiger partial charge < -0.3 is 20.4 Å². The molecule has 2 amide bonds. The van der Waals surface area contributed by atoms with E-state index >= 15 is 0 Å². The van der Waals surface area contributed by atoms with Crippen LogP contribution in [0.1, 0.15) is 21.5 Å². The summed E-state index contributed by atoms with van der Waals surface area (Å²) in [5.74, 6) is 0.306. The van der Waals surface area contributed by atoms with Crippen LogP contribution in [-0.2, 0) is 4.79 Å². The highest BCUT2D eigenvalue weighted by Crippen LogP contribution is 2.35. The number of amides is 2. The summed E-state index contributed by atoms with van der Waals surface area (Å²) in [5.41, 5.74) is 4.89. The number of rotatable bonds is 4. The van der Waals surface area contributed by atoms with E-state index in [2.05, 4.69) is 15.6 Å². The third kappa shape index (κ3) is 3.44. The maximum atomic E-state index is 12.7. The summed E-state index contributed by atoms with van der Waals surface area (Å²) in [5, 5.41) is 6.70. The van der Waals surface area contributed by atoms with Gasteiger partial charge in [0.15, 0.2) is 0 Å². The van der Waals surface area contributed by atoms with E-state index in [1.165, 1.54) is 0 Å². The number of methoxy groups -OCH3 is 1. The van der Waals surface area contributed by atoms with Crippen LogP contribution in [0, 0.1) is 0 Å². The van der Waals surface area contributed by atoms with Gasteiger partial charge in [0.2, 0.25) is 0 Å². The number of para-hydroxylation sites is 1. The molecular weight excluding hydrogens is 390 g/mol. The first-order valence-corrected chi connectivity index (χ1v) is 9.81. The SMILES string of the molecule is COc1ccc2[nH]cc(C=C3C(=O)Nc4ccc(C(=O)Nc5ccccc5)cc43)c2c1. The third-order valence-electron chi connectivity index (χ3n) is 5.32. The minimum atomic E-state index is -0.232. The summed E-state index contributed by atoms with van der Waals surface area (Å²) in [6.45, 7) is 0. The van der Waals surface area contributed by atoms with Crippen LogP contribution in [0.5, 0.6) is 5.75 Å². The summed E-state index contributed by atoms with van der Waals surface area (Å²) in [7, 11) is 1.62. The van der Waals surface area contributed by atoms with E-state index in [0.29, 0.717) is 28.1 Å². The zero-order valence-electron chi connectivity index (χ0n) is 16.7. The first kappa shape index (κ1) is 18.7.